The Balaban J connectivity index is 3.81. The maximum atomic E-state index is 11.7. The van der Waals surface area contributed by atoms with Crippen LogP contribution in [0, 0.1) is 0 Å². The normalized spacial score (nSPS) is 12.9. The van der Waals surface area contributed by atoms with Gasteiger partial charge < -0.3 is 10.2 Å². The number of carboxylic acid groups (broad SMARTS) is 2. The van der Waals surface area contributed by atoms with Crippen LogP contribution in [0.5, 0.6) is 0 Å². The Labute approximate surface area is 144 Å². The number of unbranched alkanes of at least 4 members (excludes halogenated alkanes) is 9. The van der Waals surface area contributed by atoms with Crippen molar-refractivity contribution in [1.29, 1.82) is 0 Å². The molecule has 0 saturated heterocycles. The van der Waals surface area contributed by atoms with Crippen LogP contribution in [0.3, 0.4) is 0 Å². The summed E-state index contributed by atoms with van der Waals surface area (Å²) in [6, 6.07) is 0. The van der Waals surface area contributed by atoms with Crippen LogP contribution in [0.1, 0.15) is 77.6 Å². The summed E-state index contributed by atoms with van der Waals surface area (Å²) in [6.45, 7) is 2.07. The van der Waals surface area contributed by atoms with Crippen molar-refractivity contribution in [2.75, 3.05) is 6.61 Å². The largest absolute Gasteiger partial charge is 0.481 e. The number of hydrogen-bond donors (Lipinski definition) is 2. The Morgan fingerprint density at radius 1 is 0.875 bits per heavy atom. The first-order chi connectivity index (χ1) is 11.3. The topological polar surface area (TPSA) is 118 Å². The fraction of sp³-hybridized carbons (Fsp3) is 0.875. The van der Waals surface area contributed by atoms with Gasteiger partial charge in [-0.15, -0.1) is 0 Å². The molecular formula is C16H30O7S. The molecule has 0 heterocycles. The Hall–Kier alpha value is -1.15. The van der Waals surface area contributed by atoms with Crippen LogP contribution in [0.15, 0.2) is 0 Å². The van der Waals surface area contributed by atoms with Crippen molar-refractivity contribution in [3.05, 3.63) is 0 Å². The van der Waals surface area contributed by atoms with Gasteiger partial charge in [0.15, 0.2) is 5.25 Å². The SMILES string of the molecule is CCCCCCCCCCCCOS(=O)(=O)[C@H](CC(=O)O)C(=O)O. The highest BCUT2D eigenvalue weighted by Crippen LogP contribution is 2.13. The van der Waals surface area contributed by atoms with Gasteiger partial charge in [-0.05, 0) is 6.42 Å². The van der Waals surface area contributed by atoms with E-state index in [4.69, 9.17) is 10.2 Å². The molecule has 0 saturated carbocycles. The standard InChI is InChI=1S/C16H30O7S/c1-2-3-4-5-6-7-8-9-10-11-12-23-24(21,22)14(16(19)20)13-15(17)18/h14H,2-13H2,1H3,(H,17,18)(H,19,20)/t14-/m1/s1. The third kappa shape index (κ3) is 11.4. The van der Waals surface area contributed by atoms with E-state index < -0.39 is 33.7 Å². The molecule has 0 bridgehead atoms. The summed E-state index contributed by atoms with van der Waals surface area (Å²) >= 11 is 0. The average molecular weight is 366 g/mol. The van der Waals surface area contributed by atoms with E-state index in [9.17, 15) is 18.0 Å². The number of carbonyl (C=O) groups is 2. The zero-order valence-corrected chi connectivity index (χ0v) is 15.2. The van der Waals surface area contributed by atoms with Gasteiger partial charge in [0.05, 0.1) is 13.0 Å². The van der Waals surface area contributed by atoms with Gasteiger partial charge in [0.25, 0.3) is 10.1 Å². The number of rotatable bonds is 16. The van der Waals surface area contributed by atoms with E-state index in [0.717, 1.165) is 19.3 Å². The molecule has 0 rings (SSSR count). The second-order valence-electron chi connectivity index (χ2n) is 5.92. The van der Waals surface area contributed by atoms with Gasteiger partial charge in [-0.3, -0.25) is 13.8 Å². The van der Waals surface area contributed by atoms with Gasteiger partial charge in [-0.25, -0.2) is 0 Å². The predicted octanol–water partition coefficient (Wildman–Crippen LogP) is 3.18. The average Bonchev–Trinajstić information content (AvgIpc) is 2.49. The summed E-state index contributed by atoms with van der Waals surface area (Å²) in [5.74, 6) is -3.20. The van der Waals surface area contributed by atoms with Crippen LogP contribution >= 0.6 is 0 Å². The molecule has 0 fully saturated rings. The highest BCUT2D eigenvalue weighted by molar-refractivity contribution is 7.88. The Kier molecular flexibility index (Phi) is 12.5. The van der Waals surface area contributed by atoms with Crippen molar-refractivity contribution in [2.45, 2.75) is 82.8 Å². The molecule has 0 aromatic heterocycles. The van der Waals surface area contributed by atoms with Crippen molar-refractivity contribution < 1.29 is 32.4 Å². The second-order valence-corrected chi connectivity index (χ2v) is 7.71. The molecule has 0 aliphatic rings. The molecule has 142 valence electrons. The van der Waals surface area contributed by atoms with Crippen molar-refractivity contribution in [1.82, 2.24) is 0 Å². The molecule has 0 aromatic carbocycles. The highest BCUT2D eigenvalue weighted by atomic mass is 32.2. The van der Waals surface area contributed by atoms with E-state index in [1.807, 2.05) is 0 Å². The van der Waals surface area contributed by atoms with Crippen LogP contribution in [0.25, 0.3) is 0 Å². The van der Waals surface area contributed by atoms with Crippen LogP contribution < -0.4 is 0 Å². The summed E-state index contributed by atoms with van der Waals surface area (Å²) < 4.78 is 28.1. The molecule has 24 heavy (non-hydrogen) atoms. The molecule has 2 N–H and O–H groups in total. The Bertz CT molecular complexity index is 459. The number of carboxylic acids is 2. The van der Waals surface area contributed by atoms with Crippen LogP contribution in [0.4, 0.5) is 0 Å². The summed E-state index contributed by atoms with van der Waals surface area (Å²) in [5.41, 5.74) is 0. The summed E-state index contributed by atoms with van der Waals surface area (Å²) in [5, 5.41) is 15.3. The first kappa shape index (κ1) is 22.9. The van der Waals surface area contributed by atoms with Crippen LogP contribution in [-0.2, 0) is 23.9 Å². The van der Waals surface area contributed by atoms with Crippen LogP contribution in [0.2, 0.25) is 0 Å². The first-order valence-electron chi connectivity index (χ1n) is 8.64. The molecule has 7 nitrogen and oxygen atoms in total. The van der Waals surface area contributed by atoms with Crippen molar-refractivity contribution in [3.63, 3.8) is 0 Å². The molecule has 0 amide bonds. The van der Waals surface area contributed by atoms with Crippen LogP contribution in [-0.4, -0.2) is 42.4 Å². The summed E-state index contributed by atoms with van der Waals surface area (Å²) in [4.78, 5) is 21.4. The molecule has 0 radical (unpaired) electrons. The Morgan fingerprint density at radius 2 is 1.33 bits per heavy atom. The van der Waals surface area contributed by atoms with E-state index in [1.165, 1.54) is 38.5 Å². The molecule has 0 aromatic rings. The van der Waals surface area contributed by atoms with Crippen molar-refractivity contribution in [2.24, 2.45) is 0 Å². The molecule has 1 atom stereocenters. The zero-order valence-electron chi connectivity index (χ0n) is 14.4. The van der Waals surface area contributed by atoms with Gasteiger partial charge in [-0.1, -0.05) is 64.7 Å². The van der Waals surface area contributed by atoms with E-state index in [1.54, 1.807) is 0 Å². The lowest BCUT2D eigenvalue weighted by Gasteiger charge is -2.11. The zero-order chi connectivity index (χ0) is 18.4. The first-order valence-corrected chi connectivity index (χ1v) is 10.1. The Morgan fingerprint density at radius 3 is 1.75 bits per heavy atom. The molecular weight excluding hydrogens is 336 g/mol. The minimum absolute atomic E-state index is 0.109. The van der Waals surface area contributed by atoms with E-state index in [0.29, 0.717) is 6.42 Å². The van der Waals surface area contributed by atoms with Gasteiger partial charge in [0.1, 0.15) is 0 Å². The summed E-state index contributed by atoms with van der Waals surface area (Å²) in [7, 11) is -4.41. The minimum Gasteiger partial charge on any atom is -0.481 e. The monoisotopic (exact) mass is 366 g/mol. The quantitative estimate of drug-likeness (QED) is 0.318. The van der Waals surface area contributed by atoms with Crippen molar-refractivity contribution in [3.8, 4) is 0 Å². The van der Waals surface area contributed by atoms with Gasteiger partial charge >= 0.3 is 11.9 Å². The second kappa shape index (κ2) is 13.2. The minimum atomic E-state index is -4.41. The highest BCUT2D eigenvalue weighted by Gasteiger charge is 2.35. The predicted molar refractivity (Wildman–Crippen MR) is 90.4 cm³/mol. The number of aliphatic carboxylic acids is 2. The number of hydrogen-bond acceptors (Lipinski definition) is 5. The lowest BCUT2D eigenvalue weighted by atomic mass is 10.1. The lowest BCUT2D eigenvalue weighted by Crippen LogP contribution is -2.34. The maximum absolute atomic E-state index is 11.7. The summed E-state index contributed by atoms with van der Waals surface area (Å²) in [6.07, 6.45) is 9.83. The fourth-order valence-corrected chi connectivity index (χ4v) is 3.43. The van der Waals surface area contributed by atoms with Gasteiger partial charge in [0.2, 0.25) is 0 Å². The maximum Gasteiger partial charge on any atom is 0.325 e. The third-order valence-electron chi connectivity index (χ3n) is 3.73. The molecule has 0 aliphatic heterocycles. The molecule has 0 spiro atoms. The molecule has 8 heteroatoms. The third-order valence-corrected chi connectivity index (χ3v) is 5.29. The van der Waals surface area contributed by atoms with Gasteiger partial charge in [0, 0.05) is 0 Å². The smallest absolute Gasteiger partial charge is 0.325 e. The van der Waals surface area contributed by atoms with E-state index in [2.05, 4.69) is 11.1 Å². The fourth-order valence-electron chi connectivity index (χ4n) is 2.32. The molecule has 0 aliphatic carbocycles. The van der Waals surface area contributed by atoms with Gasteiger partial charge in [-0.2, -0.15) is 8.42 Å². The van der Waals surface area contributed by atoms with E-state index in [-0.39, 0.29) is 6.61 Å². The van der Waals surface area contributed by atoms with Crippen molar-refractivity contribution >= 4 is 22.1 Å². The lowest BCUT2D eigenvalue weighted by molar-refractivity contribution is -0.143. The van der Waals surface area contributed by atoms with E-state index >= 15 is 0 Å². The molecule has 0 unspecified atom stereocenters.